The average Bonchev–Trinajstić information content (AvgIpc) is 2.37. The summed E-state index contributed by atoms with van der Waals surface area (Å²) in [5.74, 6) is -0.348. The highest BCUT2D eigenvalue weighted by Crippen LogP contribution is 2.18. The summed E-state index contributed by atoms with van der Waals surface area (Å²) < 4.78 is 13.1. The molecule has 19 heavy (non-hydrogen) atoms. The molecule has 0 aliphatic carbocycles. The second kappa shape index (κ2) is 5.98. The number of hydrogen-bond acceptors (Lipinski definition) is 1. The van der Waals surface area contributed by atoms with E-state index in [2.05, 4.69) is 0 Å². The van der Waals surface area contributed by atoms with Crippen LogP contribution >= 0.6 is 11.6 Å². The van der Waals surface area contributed by atoms with E-state index < -0.39 is 0 Å². The lowest BCUT2D eigenvalue weighted by atomic mass is 10.0. The lowest BCUT2D eigenvalue weighted by Gasteiger charge is -2.05. The Morgan fingerprint density at radius 1 is 1.11 bits per heavy atom. The van der Waals surface area contributed by atoms with E-state index in [4.69, 9.17) is 11.6 Å². The van der Waals surface area contributed by atoms with Crippen LogP contribution in [0.2, 0.25) is 5.02 Å². The molecule has 2 aromatic carbocycles. The normalized spacial score (nSPS) is 10.5. The van der Waals surface area contributed by atoms with Crippen LogP contribution in [-0.2, 0) is 17.6 Å². The molecule has 0 saturated heterocycles. The van der Waals surface area contributed by atoms with E-state index in [-0.39, 0.29) is 18.0 Å². The van der Waals surface area contributed by atoms with Gasteiger partial charge in [0.15, 0.2) is 0 Å². The van der Waals surface area contributed by atoms with Gasteiger partial charge >= 0.3 is 0 Å². The SMILES string of the molecule is Cc1ccc(CC(=O)Cc2cc(F)ccc2Cl)cc1. The fraction of sp³-hybridized carbons (Fsp3) is 0.188. The molecule has 0 amide bonds. The Morgan fingerprint density at radius 3 is 2.47 bits per heavy atom. The van der Waals surface area contributed by atoms with E-state index in [1.165, 1.54) is 18.2 Å². The second-order valence-electron chi connectivity index (χ2n) is 4.61. The van der Waals surface area contributed by atoms with Crippen molar-refractivity contribution in [1.82, 2.24) is 0 Å². The molecule has 0 bridgehead atoms. The Bertz CT molecular complexity index is 590. The summed E-state index contributed by atoms with van der Waals surface area (Å²) in [6.45, 7) is 2.00. The minimum absolute atomic E-state index is 0.0244. The molecule has 2 rings (SSSR count). The van der Waals surface area contributed by atoms with Crippen molar-refractivity contribution in [3.63, 3.8) is 0 Å². The summed E-state index contributed by atoms with van der Waals surface area (Å²) in [6, 6.07) is 11.9. The summed E-state index contributed by atoms with van der Waals surface area (Å²) in [4.78, 5) is 11.9. The van der Waals surface area contributed by atoms with Crippen LogP contribution in [0.15, 0.2) is 42.5 Å². The van der Waals surface area contributed by atoms with Crippen LogP contribution in [0.5, 0.6) is 0 Å². The topological polar surface area (TPSA) is 17.1 Å². The van der Waals surface area contributed by atoms with Crippen molar-refractivity contribution < 1.29 is 9.18 Å². The van der Waals surface area contributed by atoms with Gasteiger partial charge in [0.05, 0.1) is 0 Å². The number of carbonyl (C=O) groups is 1. The molecule has 0 atom stereocenters. The van der Waals surface area contributed by atoms with E-state index in [1.807, 2.05) is 31.2 Å². The number of Topliss-reactive ketones (excluding diaryl/α,β-unsaturated/α-hetero) is 1. The highest BCUT2D eigenvalue weighted by molar-refractivity contribution is 6.31. The molecule has 0 N–H and O–H groups in total. The second-order valence-corrected chi connectivity index (χ2v) is 5.02. The number of rotatable bonds is 4. The van der Waals surface area contributed by atoms with E-state index in [0.29, 0.717) is 17.0 Å². The van der Waals surface area contributed by atoms with Crippen molar-refractivity contribution in [2.75, 3.05) is 0 Å². The van der Waals surface area contributed by atoms with Gasteiger partial charge in [-0.3, -0.25) is 4.79 Å². The average molecular weight is 277 g/mol. The first-order valence-corrected chi connectivity index (χ1v) is 6.43. The summed E-state index contributed by atoms with van der Waals surface area (Å²) in [5, 5.41) is 0.429. The summed E-state index contributed by atoms with van der Waals surface area (Å²) >= 11 is 5.95. The molecule has 0 aromatic heterocycles. The highest BCUT2D eigenvalue weighted by atomic mass is 35.5. The molecular weight excluding hydrogens is 263 g/mol. The Balaban J connectivity index is 2.05. The molecule has 0 unspecified atom stereocenters. The van der Waals surface area contributed by atoms with Gasteiger partial charge in [-0.2, -0.15) is 0 Å². The molecule has 0 spiro atoms. The quantitative estimate of drug-likeness (QED) is 0.820. The Labute approximate surface area is 117 Å². The molecule has 0 aliphatic rings. The van der Waals surface area contributed by atoms with E-state index in [0.717, 1.165) is 11.1 Å². The van der Waals surface area contributed by atoms with Gasteiger partial charge in [-0.25, -0.2) is 4.39 Å². The predicted octanol–water partition coefficient (Wildman–Crippen LogP) is 4.14. The van der Waals surface area contributed by atoms with Crippen molar-refractivity contribution in [2.45, 2.75) is 19.8 Å². The largest absolute Gasteiger partial charge is 0.299 e. The number of ketones is 1. The van der Waals surface area contributed by atoms with Crippen LogP contribution in [0, 0.1) is 12.7 Å². The van der Waals surface area contributed by atoms with Crippen LogP contribution in [0.1, 0.15) is 16.7 Å². The third kappa shape index (κ3) is 3.90. The molecule has 1 nitrogen and oxygen atoms in total. The molecule has 98 valence electrons. The third-order valence-corrected chi connectivity index (χ3v) is 3.29. The maximum absolute atomic E-state index is 13.1. The van der Waals surface area contributed by atoms with Crippen molar-refractivity contribution >= 4 is 17.4 Å². The Morgan fingerprint density at radius 2 is 1.79 bits per heavy atom. The van der Waals surface area contributed by atoms with Gasteiger partial charge < -0.3 is 0 Å². The third-order valence-electron chi connectivity index (χ3n) is 2.92. The number of hydrogen-bond donors (Lipinski definition) is 0. The van der Waals surface area contributed by atoms with E-state index in [1.54, 1.807) is 0 Å². The summed E-state index contributed by atoms with van der Waals surface area (Å²) in [7, 11) is 0. The number of halogens is 2. The first-order chi connectivity index (χ1) is 9.04. The Kier molecular flexibility index (Phi) is 4.33. The van der Waals surface area contributed by atoms with Gasteiger partial charge in [0.25, 0.3) is 0 Å². The molecule has 0 saturated carbocycles. The summed E-state index contributed by atoms with van der Waals surface area (Å²) in [6.07, 6.45) is 0.498. The number of benzene rings is 2. The molecule has 0 fully saturated rings. The molecule has 0 aliphatic heterocycles. The monoisotopic (exact) mass is 276 g/mol. The maximum atomic E-state index is 13.1. The lowest BCUT2D eigenvalue weighted by molar-refractivity contribution is -0.117. The number of aryl methyl sites for hydroxylation is 1. The molecule has 2 aromatic rings. The minimum Gasteiger partial charge on any atom is -0.299 e. The zero-order chi connectivity index (χ0) is 13.8. The standard InChI is InChI=1S/C16H14ClFO/c1-11-2-4-12(5-3-11)8-15(19)10-13-9-14(18)6-7-16(13)17/h2-7,9H,8,10H2,1H3. The number of carbonyl (C=O) groups excluding carboxylic acids is 1. The maximum Gasteiger partial charge on any atom is 0.141 e. The predicted molar refractivity (Wildman–Crippen MR) is 75.0 cm³/mol. The fourth-order valence-electron chi connectivity index (χ4n) is 1.89. The van der Waals surface area contributed by atoms with Crippen LogP contribution < -0.4 is 0 Å². The van der Waals surface area contributed by atoms with Crippen LogP contribution in [-0.4, -0.2) is 5.78 Å². The van der Waals surface area contributed by atoms with Gasteiger partial charge in [-0.15, -0.1) is 0 Å². The van der Waals surface area contributed by atoms with E-state index in [9.17, 15) is 9.18 Å². The van der Waals surface area contributed by atoms with Crippen molar-refractivity contribution in [3.05, 3.63) is 70.0 Å². The van der Waals surface area contributed by atoms with Gasteiger partial charge in [0.2, 0.25) is 0 Å². The highest BCUT2D eigenvalue weighted by Gasteiger charge is 2.09. The lowest BCUT2D eigenvalue weighted by Crippen LogP contribution is -2.07. The van der Waals surface area contributed by atoms with Crippen molar-refractivity contribution in [3.8, 4) is 0 Å². The summed E-state index contributed by atoms with van der Waals surface area (Å²) in [5.41, 5.74) is 2.66. The van der Waals surface area contributed by atoms with Crippen LogP contribution in [0.25, 0.3) is 0 Å². The zero-order valence-corrected chi connectivity index (χ0v) is 11.4. The van der Waals surface area contributed by atoms with Gasteiger partial charge in [0, 0.05) is 17.9 Å². The van der Waals surface area contributed by atoms with Crippen molar-refractivity contribution in [1.29, 1.82) is 0 Å². The zero-order valence-electron chi connectivity index (χ0n) is 10.6. The minimum atomic E-state index is -0.373. The van der Waals surface area contributed by atoms with Gasteiger partial charge in [0.1, 0.15) is 11.6 Å². The van der Waals surface area contributed by atoms with Crippen molar-refractivity contribution in [2.24, 2.45) is 0 Å². The van der Waals surface area contributed by atoms with Crippen LogP contribution in [0.4, 0.5) is 4.39 Å². The van der Waals surface area contributed by atoms with Gasteiger partial charge in [-0.05, 0) is 36.2 Å². The first-order valence-electron chi connectivity index (χ1n) is 6.06. The van der Waals surface area contributed by atoms with Gasteiger partial charge in [-0.1, -0.05) is 41.4 Å². The molecule has 0 radical (unpaired) electrons. The fourth-order valence-corrected chi connectivity index (χ4v) is 2.07. The van der Waals surface area contributed by atoms with Crippen LogP contribution in [0.3, 0.4) is 0 Å². The first kappa shape index (κ1) is 13.8. The molecule has 3 heteroatoms. The smallest absolute Gasteiger partial charge is 0.141 e. The van der Waals surface area contributed by atoms with E-state index >= 15 is 0 Å². The Hall–Kier alpha value is -1.67. The molecular formula is C16H14ClFO. The molecule has 0 heterocycles.